The van der Waals surface area contributed by atoms with Crippen molar-refractivity contribution < 1.29 is 13.2 Å². The monoisotopic (exact) mass is 465 g/mol. The Hall–Kier alpha value is -2.27. The highest BCUT2D eigenvalue weighted by molar-refractivity contribution is 7.89. The molecule has 4 rings (SSSR count). The Morgan fingerprint density at radius 2 is 2.03 bits per heavy atom. The summed E-state index contributed by atoms with van der Waals surface area (Å²) in [4.78, 5) is 16.9. The van der Waals surface area contributed by atoms with Crippen LogP contribution in [0, 0.1) is 6.92 Å². The van der Waals surface area contributed by atoms with Crippen LogP contribution in [0.3, 0.4) is 0 Å². The third kappa shape index (κ3) is 4.00. The van der Waals surface area contributed by atoms with Gasteiger partial charge in [-0.2, -0.15) is 9.40 Å². The van der Waals surface area contributed by atoms with Gasteiger partial charge in [0.05, 0.1) is 20.8 Å². The zero-order valence-electron chi connectivity index (χ0n) is 16.4. The van der Waals surface area contributed by atoms with Gasteiger partial charge in [0.25, 0.3) is 0 Å². The Labute approximate surface area is 183 Å². The fourth-order valence-electron chi connectivity index (χ4n) is 3.34. The number of hydrogen-bond acceptors (Lipinski definition) is 6. The maximum absolute atomic E-state index is 12.8. The molecule has 0 aliphatic carbocycles. The van der Waals surface area contributed by atoms with E-state index in [4.69, 9.17) is 11.6 Å². The normalized spacial score (nSPS) is 15.4. The van der Waals surface area contributed by atoms with Gasteiger partial charge in [-0.05, 0) is 44.0 Å². The van der Waals surface area contributed by atoms with Crippen LogP contribution in [0.25, 0.3) is 16.3 Å². The van der Waals surface area contributed by atoms with Crippen LogP contribution in [0.2, 0.25) is 5.15 Å². The molecule has 1 aromatic carbocycles. The minimum atomic E-state index is -3.50. The van der Waals surface area contributed by atoms with Gasteiger partial charge in [0.1, 0.15) is 5.15 Å². The summed E-state index contributed by atoms with van der Waals surface area (Å²) in [5.74, 6) is -0.363. The molecule has 3 heterocycles. The van der Waals surface area contributed by atoms with Crippen molar-refractivity contribution >= 4 is 60.3 Å². The third-order valence-electron chi connectivity index (χ3n) is 4.89. The van der Waals surface area contributed by atoms with E-state index in [-0.39, 0.29) is 10.8 Å². The first-order valence-electron chi connectivity index (χ1n) is 9.34. The van der Waals surface area contributed by atoms with Gasteiger partial charge in [-0.1, -0.05) is 22.9 Å². The van der Waals surface area contributed by atoms with E-state index < -0.39 is 10.0 Å². The number of aromatic nitrogens is 3. The Kier molecular flexibility index (Phi) is 5.67. The van der Waals surface area contributed by atoms with Crippen LogP contribution < -0.4 is 5.32 Å². The van der Waals surface area contributed by atoms with Crippen molar-refractivity contribution in [2.75, 3.05) is 18.4 Å². The van der Waals surface area contributed by atoms with Crippen LogP contribution >= 0.6 is 22.9 Å². The average Bonchev–Trinajstić information content (AvgIpc) is 3.41. The predicted molar refractivity (Wildman–Crippen MR) is 118 cm³/mol. The highest BCUT2D eigenvalue weighted by atomic mass is 35.5. The lowest BCUT2D eigenvalue weighted by molar-refractivity contribution is -0.111. The fourth-order valence-corrected chi connectivity index (χ4v) is 6.10. The van der Waals surface area contributed by atoms with Crippen molar-refractivity contribution in [1.82, 2.24) is 19.1 Å². The lowest BCUT2D eigenvalue weighted by Gasteiger charge is -2.15. The molecule has 158 valence electrons. The molecule has 8 nitrogen and oxygen atoms in total. The number of aryl methyl sites for hydroxylation is 2. The predicted octanol–water partition coefficient (Wildman–Crippen LogP) is 3.43. The van der Waals surface area contributed by atoms with E-state index in [2.05, 4.69) is 15.4 Å². The fraction of sp³-hybridized carbons (Fsp3) is 0.316. The number of sulfonamides is 1. The molecule has 0 radical (unpaired) electrons. The number of thiazole rings is 1. The largest absolute Gasteiger partial charge is 0.298 e. The van der Waals surface area contributed by atoms with Gasteiger partial charge in [0.2, 0.25) is 15.9 Å². The van der Waals surface area contributed by atoms with E-state index in [0.717, 1.165) is 18.5 Å². The van der Waals surface area contributed by atoms with Crippen molar-refractivity contribution in [3.05, 3.63) is 40.7 Å². The summed E-state index contributed by atoms with van der Waals surface area (Å²) in [7, 11) is -1.77. The van der Waals surface area contributed by atoms with E-state index in [1.807, 2.05) is 6.92 Å². The zero-order valence-corrected chi connectivity index (χ0v) is 18.8. The molecule has 30 heavy (non-hydrogen) atoms. The summed E-state index contributed by atoms with van der Waals surface area (Å²) < 4.78 is 29.2. The quantitative estimate of drug-likeness (QED) is 0.582. The summed E-state index contributed by atoms with van der Waals surface area (Å²) in [5.41, 5.74) is 2.03. The third-order valence-corrected chi connectivity index (χ3v) is 8.17. The van der Waals surface area contributed by atoms with Crippen LogP contribution in [0.15, 0.2) is 29.2 Å². The highest BCUT2D eigenvalue weighted by Gasteiger charge is 2.27. The molecular weight excluding hydrogens is 446 g/mol. The lowest BCUT2D eigenvalue weighted by Crippen LogP contribution is -2.27. The molecule has 0 unspecified atom stereocenters. The molecule has 0 saturated carbocycles. The number of rotatable bonds is 5. The molecule has 1 amide bonds. The van der Waals surface area contributed by atoms with Crippen molar-refractivity contribution in [2.24, 2.45) is 7.05 Å². The maximum atomic E-state index is 12.8. The minimum Gasteiger partial charge on any atom is -0.298 e. The SMILES string of the molecule is Cc1nn(C)c(Cl)c1/C=C/C(=O)Nc1nc2ccc(S(=O)(=O)N3CCCC3)cc2s1. The molecule has 2 aromatic heterocycles. The molecule has 11 heteroatoms. The molecule has 1 N–H and O–H groups in total. The van der Waals surface area contributed by atoms with Gasteiger partial charge in [-0.15, -0.1) is 0 Å². The molecule has 1 aliphatic rings. The van der Waals surface area contributed by atoms with Crippen molar-refractivity contribution in [3.8, 4) is 0 Å². The highest BCUT2D eigenvalue weighted by Crippen LogP contribution is 2.30. The molecule has 1 fully saturated rings. The Bertz CT molecular complexity index is 1260. The number of halogens is 1. The first-order valence-corrected chi connectivity index (χ1v) is 12.0. The second-order valence-corrected chi connectivity index (χ2v) is 10.3. The van der Waals surface area contributed by atoms with Crippen molar-refractivity contribution in [2.45, 2.75) is 24.7 Å². The van der Waals surface area contributed by atoms with Gasteiger partial charge in [0.15, 0.2) is 5.13 Å². The number of carbonyl (C=O) groups excluding carboxylic acids is 1. The molecule has 1 aliphatic heterocycles. The van der Waals surface area contributed by atoms with Crippen molar-refractivity contribution in [3.63, 3.8) is 0 Å². The number of carbonyl (C=O) groups is 1. The van der Waals surface area contributed by atoms with E-state index in [9.17, 15) is 13.2 Å². The molecular formula is C19H20ClN5O3S2. The second-order valence-electron chi connectivity index (χ2n) is 7.00. The van der Waals surface area contributed by atoms with E-state index in [1.165, 1.54) is 26.4 Å². The number of nitrogens with one attached hydrogen (secondary N) is 1. The lowest BCUT2D eigenvalue weighted by atomic mass is 10.2. The first-order chi connectivity index (χ1) is 14.3. The van der Waals surface area contributed by atoms with Crippen LogP contribution in [-0.4, -0.2) is 46.5 Å². The summed E-state index contributed by atoms with van der Waals surface area (Å²) >= 11 is 7.39. The average molecular weight is 466 g/mol. The molecule has 0 atom stereocenters. The van der Waals surface area contributed by atoms with Crippen LogP contribution in [0.1, 0.15) is 24.1 Å². The summed E-state index contributed by atoms with van der Waals surface area (Å²) in [5, 5.41) is 7.75. The molecule has 0 spiro atoms. The van der Waals surface area contributed by atoms with Gasteiger partial charge in [-0.3, -0.25) is 14.8 Å². The van der Waals surface area contributed by atoms with Crippen LogP contribution in [0.5, 0.6) is 0 Å². The smallest absolute Gasteiger partial charge is 0.250 e. The van der Waals surface area contributed by atoms with Crippen LogP contribution in [-0.2, 0) is 21.9 Å². The summed E-state index contributed by atoms with van der Waals surface area (Å²) in [6.07, 6.45) is 4.74. The standard InChI is InChI=1S/C19H20ClN5O3S2/c1-12-14(18(20)24(2)23-12)6-8-17(26)22-19-21-15-7-5-13(11-16(15)29-19)30(27,28)25-9-3-4-10-25/h5-8,11H,3-4,9-10H2,1-2H3,(H,21,22,26)/b8-6+. The van der Waals surface area contributed by atoms with Gasteiger partial charge in [0, 0.05) is 31.8 Å². The van der Waals surface area contributed by atoms with Gasteiger partial charge < -0.3 is 0 Å². The summed E-state index contributed by atoms with van der Waals surface area (Å²) in [6.45, 7) is 2.92. The molecule has 3 aromatic rings. The van der Waals surface area contributed by atoms with E-state index in [1.54, 1.807) is 31.3 Å². The minimum absolute atomic E-state index is 0.250. The van der Waals surface area contributed by atoms with E-state index >= 15 is 0 Å². The number of fused-ring (bicyclic) bond motifs is 1. The number of hydrogen-bond donors (Lipinski definition) is 1. The molecule has 1 saturated heterocycles. The number of benzene rings is 1. The first kappa shape index (κ1) is 21.0. The number of amides is 1. The second kappa shape index (κ2) is 8.10. The van der Waals surface area contributed by atoms with Crippen molar-refractivity contribution in [1.29, 1.82) is 0 Å². The van der Waals surface area contributed by atoms with Gasteiger partial charge >= 0.3 is 0 Å². The Morgan fingerprint density at radius 1 is 1.30 bits per heavy atom. The number of anilines is 1. The maximum Gasteiger partial charge on any atom is 0.250 e. The summed E-state index contributed by atoms with van der Waals surface area (Å²) in [6, 6.07) is 4.85. The van der Waals surface area contributed by atoms with E-state index in [0.29, 0.717) is 39.2 Å². The Morgan fingerprint density at radius 3 is 2.70 bits per heavy atom. The Balaban J connectivity index is 1.52. The van der Waals surface area contributed by atoms with Crippen LogP contribution in [0.4, 0.5) is 5.13 Å². The number of nitrogens with zero attached hydrogens (tertiary/aromatic N) is 4. The molecule has 0 bridgehead atoms. The topological polar surface area (TPSA) is 97.2 Å². The van der Waals surface area contributed by atoms with Gasteiger partial charge in [-0.25, -0.2) is 13.4 Å². The zero-order chi connectivity index (χ0) is 21.5.